The van der Waals surface area contributed by atoms with Crippen molar-refractivity contribution in [2.24, 2.45) is 11.5 Å². The molecule has 10 nitrogen and oxygen atoms in total. The number of carbonyl (C=O) groups excluding carboxylic acids is 2. The summed E-state index contributed by atoms with van der Waals surface area (Å²) in [7, 11) is 0. The monoisotopic (exact) mass is 390 g/mol. The number of fused-ring (bicyclic) bond motifs is 1. The van der Waals surface area contributed by atoms with Crippen molar-refractivity contribution < 1.29 is 29.4 Å². The molecule has 0 aromatic rings. The van der Waals surface area contributed by atoms with Gasteiger partial charge in [0.1, 0.15) is 6.04 Å². The highest BCUT2D eigenvalue weighted by Gasteiger charge is 2.42. The Bertz CT molecular complexity index is 532. The Balaban J connectivity index is 0.000000294. The van der Waals surface area contributed by atoms with Gasteiger partial charge in [0.2, 0.25) is 5.91 Å². The van der Waals surface area contributed by atoms with Crippen LogP contribution in [0.15, 0.2) is 0 Å². The Morgan fingerprint density at radius 3 is 2.46 bits per heavy atom. The van der Waals surface area contributed by atoms with Gasteiger partial charge < -0.3 is 32.3 Å². The summed E-state index contributed by atoms with van der Waals surface area (Å²) in [5, 5.41) is 23.0. The normalized spacial score (nSPS) is 24.5. The van der Waals surface area contributed by atoms with Gasteiger partial charge in [-0.05, 0) is 19.3 Å². The fraction of sp³-hybridized carbons (Fsp3) is 0.733. The lowest BCUT2D eigenvalue weighted by Gasteiger charge is -2.16. The van der Waals surface area contributed by atoms with E-state index in [4.69, 9.17) is 21.7 Å². The second kappa shape index (κ2) is 10.9. The molecule has 2 heterocycles. The summed E-state index contributed by atoms with van der Waals surface area (Å²) in [5.41, 5.74) is 9.81. The summed E-state index contributed by atoms with van der Waals surface area (Å²) in [4.78, 5) is 41.6. The van der Waals surface area contributed by atoms with Crippen LogP contribution in [0.5, 0.6) is 0 Å². The molecule has 2 aliphatic heterocycles. The van der Waals surface area contributed by atoms with E-state index in [0.717, 1.165) is 25.0 Å². The number of rotatable bonds is 9. The topological polar surface area (TPSA) is 185 Å². The zero-order chi connectivity index (χ0) is 19.7. The molecule has 2 rings (SSSR count). The maximum atomic E-state index is 11.1. The first-order valence-electron chi connectivity index (χ1n) is 8.37. The number of carbonyl (C=O) groups is 4. The zero-order valence-corrected chi connectivity index (χ0v) is 15.2. The predicted molar refractivity (Wildman–Crippen MR) is 95.6 cm³/mol. The van der Waals surface area contributed by atoms with Crippen molar-refractivity contribution >= 4 is 35.6 Å². The zero-order valence-electron chi connectivity index (χ0n) is 14.3. The summed E-state index contributed by atoms with van der Waals surface area (Å²) in [6.07, 6.45) is 3.00. The lowest BCUT2D eigenvalue weighted by atomic mass is 10.0. The van der Waals surface area contributed by atoms with Gasteiger partial charge in [-0.15, -0.1) is 0 Å². The van der Waals surface area contributed by atoms with Crippen LogP contribution in [-0.2, 0) is 14.4 Å². The van der Waals surface area contributed by atoms with Crippen LogP contribution in [0.3, 0.4) is 0 Å². The molecule has 148 valence electrons. The van der Waals surface area contributed by atoms with E-state index < -0.39 is 23.9 Å². The molecule has 2 fully saturated rings. The van der Waals surface area contributed by atoms with E-state index in [1.54, 1.807) is 0 Å². The second-order valence-electron chi connectivity index (χ2n) is 6.21. The van der Waals surface area contributed by atoms with Gasteiger partial charge >= 0.3 is 18.0 Å². The number of unbranched alkanes of at least 4 members (excludes halogenated alkanes) is 1. The third kappa shape index (κ3) is 7.91. The smallest absolute Gasteiger partial charge is 0.320 e. The molecule has 0 unspecified atom stereocenters. The van der Waals surface area contributed by atoms with E-state index in [9.17, 15) is 19.2 Å². The Hall–Kier alpha value is -2.01. The average Bonchev–Trinajstić information content (AvgIpc) is 3.09. The maximum Gasteiger partial charge on any atom is 0.320 e. The van der Waals surface area contributed by atoms with Crippen LogP contribution in [0.2, 0.25) is 0 Å². The van der Waals surface area contributed by atoms with Crippen molar-refractivity contribution in [2.45, 2.75) is 61.9 Å². The molecule has 8 N–H and O–H groups in total. The number of aliphatic carboxylic acids is 2. The van der Waals surface area contributed by atoms with Crippen LogP contribution in [-0.4, -0.2) is 63.2 Å². The minimum Gasteiger partial charge on any atom is -0.481 e. The van der Waals surface area contributed by atoms with Crippen LogP contribution >= 0.6 is 11.8 Å². The molecule has 0 radical (unpaired) electrons. The Morgan fingerprint density at radius 2 is 1.88 bits per heavy atom. The molecule has 2 aliphatic rings. The lowest BCUT2D eigenvalue weighted by molar-refractivity contribution is -0.139. The summed E-state index contributed by atoms with van der Waals surface area (Å²) in [5.74, 6) is -1.40. The van der Waals surface area contributed by atoms with Crippen molar-refractivity contribution in [3.63, 3.8) is 0 Å². The predicted octanol–water partition coefficient (Wildman–Crippen LogP) is -0.539. The molecule has 26 heavy (non-hydrogen) atoms. The lowest BCUT2D eigenvalue weighted by Crippen LogP contribution is -2.36. The van der Waals surface area contributed by atoms with E-state index in [1.807, 2.05) is 11.8 Å². The molecule has 0 bridgehead atoms. The van der Waals surface area contributed by atoms with Crippen LogP contribution < -0.4 is 22.1 Å². The van der Waals surface area contributed by atoms with Crippen molar-refractivity contribution in [2.75, 3.05) is 5.75 Å². The van der Waals surface area contributed by atoms with Crippen molar-refractivity contribution in [1.82, 2.24) is 10.6 Å². The van der Waals surface area contributed by atoms with Crippen molar-refractivity contribution in [3.05, 3.63) is 0 Å². The van der Waals surface area contributed by atoms with Crippen molar-refractivity contribution in [1.29, 1.82) is 0 Å². The van der Waals surface area contributed by atoms with Gasteiger partial charge in [-0.3, -0.25) is 14.4 Å². The Labute approximate surface area is 155 Å². The van der Waals surface area contributed by atoms with Gasteiger partial charge in [0.25, 0.3) is 0 Å². The van der Waals surface area contributed by atoms with Crippen LogP contribution in [0.1, 0.15) is 38.5 Å². The first-order chi connectivity index (χ1) is 12.2. The number of hydrogen-bond acceptors (Lipinski definition) is 6. The number of primary amides is 1. The summed E-state index contributed by atoms with van der Waals surface area (Å²) in [6.45, 7) is 0. The highest BCUT2D eigenvalue weighted by molar-refractivity contribution is 8.00. The third-order valence-electron chi connectivity index (χ3n) is 4.09. The Morgan fingerprint density at radius 1 is 1.19 bits per heavy atom. The highest BCUT2D eigenvalue weighted by Crippen LogP contribution is 2.33. The highest BCUT2D eigenvalue weighted by atomic mass is 32.2. The van der Waals surface area contributed by atoms with Crippen LogP contribution in [0.25, 0.3) is 0 Å². The number of carboxylic acids is 2. The molecule has 0 aromatic heterocycles. The number of urea groups is 1. The number of amides is 3. The SMILES string of the molecule is NC(=O)CC[C@H](N)C(=O)O.O=C(O)CCCC[C@@H]1SC[C@@H]2NC(=O)N[C@@H]21. The fourth-order valence-electron chi connectivity index (χ4n) is 2.69. The van der Waals surface area contributed by atoms with Crippen molar-refractivity contribution in [3.8, 4) is 0 Å². The van der Waals surface area contributed by atoms with Gasteiger partial charge in [-0.1, -0.05) is 6.42 Å². The molecule has 3 amide bonds. The van der Waals surface area contributed by atoms with E-state index in [2.05, 4.69) is 10.6 Å². The minimum absolute atomic E-state index is 0.0213. The van der Waals surface area contributed by atoms with Gasteiger partial charge in [0, 0.05) is 23.8 Å². The first-order valence-corrected chi connectivity index (χ1v) is 9.42. The number of nitrogens with one attached hydrogen (secondary N) is 2. The summed E-state index contributed by atoms with van der Waals surface area (Å²) < 4.78 is 0. The molecule has 4 atom stereocenters. The molecule has 0 aromatic carbocycles. The molecule has 2 saturated heterocycles. The van der Waals surface area contributed by atoms with Gasteiger partial charge in [0.05, 0.1) is 12.1 Å². The first kappa shape index (κ1) is 22.0. The molecule has 11 heteroatoms. The quantitative estimate of drug-likeness (QED) is 0.224. The fourth-order valence-corrected chi connectivity index (χ4v) is 4.23. The van der Waals surface area contributed by atoms with E-state index in [0.29, 0.717) is 5.25 Å². The number of carboxylic acid groups (broad SMARTS) is 2. The summed E-state index contributed by atoms with van der Waals surface area (Å²) in [6, 6.07) is -0.539. The maximum absolute atomic E-state index is 11.1. The minimum atomic E-state index is -1.11. The average molecular weight is 390 g/mol. The number of thioether (sulfide) groups is 1. The summed E-state index contributed by atoms with van der Waals surface area (Å²) >= 11 is 1.87. The van der Waals surface area contributed by atoms with Crippen LogP contribution in [0.4, 0.5) is 4.79 Å². The van der Waals surface area contributed by atoms with E-state index in [1.165, 1.54) is 0 Å². The van der Waals surface area contributed by atoms with E-state index in [-0.39, 0.29) is 37.4 Å². The van der Waals surface area contributed by atoms with Crippen LogP contribution in [0, 0.1) is 0 Å². The standard InChI is InChI=1S/C10H16N2O3S.C5H10N2O3/c13-8(14)4-2-1-3-7-9-6(5-16-7)11-10(15)12-9;6-3(5(9)10)1-2-4(7)8/h6-7,9H,1-5H2,(H,13,14)(H2,11,12,15);3H,1-2,6H2,(H2,7,8)(H,9,10)/t6-,7-,9-;3-/m00/s1. The second-order valence-corrected chi connectivity index (χ2v) is 7.48. The van der Waals surface area contributed by atoms with Gasteiger partial charge in [0.15, 0.2) is 0 Å². The molecular formula is C15H26N4O6S. The number of hydrogen-bond donors (Lipinski definition) is 6. The molecule has 0 saturated carbocycles. The largest absolute Gasteiger partial charge is 0.481 e. The molecular weight excluding hydrogens is 364 g/mol. The number of nitrogens with two attached hydrogens (primary N) is 2. The van der Waals surface area contributed by atoms with E-state index >= 15 is 0 Å². The van der Waals surface area contributed by atoms with Gasteiger partial charge in [-0.2, -0.15) is 11.8 Å². The molecule has 0 aliphatic carbocycles. The Kier molecular flexibility index (Phi) is 9.21. The molecule has 0 spiro atoms. The van der Waals surface area contributed by atoms with Gasteiger partial charge in [-0.25, -0.2) is 4.79 Å². The third-order valence-corrected chi connectivity index (χ3v) is 5.60.